The Bertz CT molecular complexity index is 1200. The van der Waals surface area contributed by atoms with Crippen molar-refractivity contribution in [1.82, 2.24) is 5.48 Å². The molecule has 0 aromatic heterocycles. The largest absolute Gasteiger partial charge is 0.497 e. The van der Waals surface area contributed by atoms with E-state index in [1.54, 1.807) is 29.7 Å². The van der Waals surface area contributed by atoms with Gasteiger partial charge < -0.3 is 14.6 Å². The molecule has 3 aromatic rings. The highest BCUT2D eigenvalue weighted by atomic mass is 32.2. The quantitative estimate of drug-likeness (QED) is 0.216. The van der Waals surface area contributed by atoms with Crippen LogP contribution in [0.3, 0.4) is 0 Å². The Labute approximate surface area is 198 Å². The SMILES string of the molecule is COc1ccc(S(=O)(=O)N(Cc2ccccc2)c2c(OCCCO)cccc2C(=O)NO)cc1. The summed E-state index contributed by atoms with van der Waals surface area (Å²) in [4.78, 5) is 12.5. The van der Waals surface area contributed by atoms with E-state index < -0.39 is 15.9 Å². The number of benzene rings is 3. The van der Waals surface area contributed by atoms with E-state index in [1.165, 1.54) is 49.6 Å². The van der Waals surface area contributed by atoms with Gasteiger partial charge in [-0.25, -0.2) is 13.9 Å². The third-order valence-corrected chi connectivity index (χ3v) is 6.73. The van der Waals surface area contributed by atoms with Crippen LogP contribution in [-0.2, 0) is 16.6 Å². The molecule has 0 aliphatic carbocycles. The Hall–Kier alpha value is -3.60. The second-order valence-corrected chi connectivity index (χ2v) is 9.05. The van der Waals surface area contributed by atoms with Crippen LogP contribution in [0.4, 0.5) is 5.69 Å². The maximum atomic E-state index is 13.9. The number of aliphatic hydroxyl groups excluding tert-OH is 1. The van der Waals surface area contributed by atoms with Crippen molar-refractivity contribution in [2.45, 2.75) is 17.9 Å². The zero-order valence-corrected chi connectivity index (χ0v) is 19.4. The van der Waals surface area contributed by atoms with Crippen LogP contribution >= 0.6 is 0 Å². The van der Waals surface area contributed by atoms with Crippen LogP contribution in [0.2, 0.25) is 0 Å². The molecule has 3 N–H and O–H groups in total. The molecule has 0 saturated heterocycles. The first kappa shape index (κ1) is 25.0. The Morgan fingerprint density at radius 1 is 1.00 bits per heavy atom. The molecule has 0 fully saturated rings. The molecule has 0 spiro atoms. The summed E-state index contributed by atoms with van der Waals surface area (Å²) in [6.07, 6.45) is 0.305. The zero-order chi connectivity index (χ0) is 24.6. The summed E-state index contributed by atoms with van der Waals surface area (Å²) in [5.74, 6) is -0.296. The van der Waals surface area contributed by atoms with Crippen LogP contribution in [0.5, 0.6) is 11.5 Å². The summed E-state index contributed by atoms with van der Waals surface area (Å²) < 4.78 is 39.7. The van der Waals surface area contributed by atoms with Crippen LogP contribution in [-0.4, -0.2) is 45.0 Å². The molecule has 0 heterocycles. The van der Waals surface area contributed by atoms with Gasteiger partial charge in [-0.2, -0.15) is 0 Å². The fourth-order valence-electron chi connectivity index (χ4n) is 3.29. The summed E-state index contributed by atoms with van der Waals surface area (Å²) in [6, 6.07) is 19.2. The molecule has 9 nitrogen and oxygen atoms in total. The molecule has 0 saturated carbocycles. The first-order valence-corrected chi connectivity index (χ1v) is 11.9. The number of rotatable bonds is 11. The molecular weight excluding hydrogens is 460 g/mol. The first-order valence-electron chi connectivity index (χ1n) is 10.4. The van der Waals surface area contributed by atoms with E-state index >= 15 is 0 Å². The van der Waals surface area contributed by atoms with Crippen molar-refractivity contribution < 1.29 is 33.0 Å². The van der Waals surface area contributed by atoms with E-state index in [1.807, 2.05) is 6.07 Å². The lowest BCUT2D eigenvalue weighted by Crippen LogP contribution is -2.33. The van der Waals surface area contributed by atoms with Gasteiger partial charge in [0, 0.05) is 13.0 Å². The molecule has 0 bridgehead atoms. The minimum absolute atomic E-state index is 0.0234. The molecule has 180 valence electrons. The van der Waals surface area contributed by atoms with Gasteiger partial charge in [-0.1, -0.05) is 36.4 Å². The van der Waals surface area contributed by atoms with Crippen molar-refractivity contribution in [2.24, 2.45) is 0 Å². The lowest BCUT2D eigenvalue weighted by molar-refractivity contribution is 0.0706. The van der Waals surface area contributed by atoms with Gasteiger partial charge in [0.1, 0.15) is 17.2 Å². The number of hydrogen-bond acceptors (Lipinski definition) is 7. The lowest BCUT2D eigenvalue weighted by Gasteiger charge is -2.28. The smallest absolute Gasteiger partial charge is 0.276 e. The molecule has 3 rings (SSSR count). The van der Waals surface area contributed by atoms with E-state index in [0.717, 1.165) is 4.31 Å². The van der Waals surface area contributed by atoms with Crippen molar-refractivity contribution in [3.63, 3.8) is 0 Å². The van der Waals surface area contributed by atoms with Crippen molar-refractivity contribution in [3.05, 3.63) is 83.9 Å². The lowest BCUT2D eigenvalue weighted by atomic mass is 10.1. The average molecular weight is 487 g/mol. The number of hydroxylamine groups is 1. The number of nitrogens with one attached hydrogen (secondary N) is 1. The average Bonchev–Trinajstić information content (AvgIpc) is 2.87. The number of carbonyl (C=O) groups excluding carboxylic acids is 1. The molecule has 0 atom stereocenters. The number of aliphatic hydroxyl groups is 1. The van der Waals surface area contributed by atoms with E-state index in [0.29, 0.717) is 17.7 Å². The normalized spacial score (nSPS) is 11.0. The van der Waals surface area contributed by atoms with Crippen LogP contribution < -0.4 is 19.3 Å². The molecular formula is C24H26N2O7S. The molecule has 0 unspecified atom stereocenters. The number of anilines is 1. The Morgan fingerprint density at radius 3 is 2.32 bits per heavy atom. The van der Waals surface area contributed by atoms with Gasteiger partial charge in [0.05, 0.1) is 30.7 Å². The third-order valence-electron chi connectivity index (χ3n) is 4.97. The van der Waals surface area contributed by atoms with E-state index in [4.69, 9.17) is 14.6 Å². The van der Waals surface area contributed by atoms with Gasteiger partial charge in [0.2, 0.25) is 0 Å². The molecule has 34 heavy (non-hydrogen) atoms. The fourth-order valence-corrected chi connectivity index (χ4v) is 4.78. The van der Waals surface area contributed by atoms with Gasteiger partial charge in [-0.05, 0) is 42.0 Å². The molecule has 0 aliphatic rings. The summed E-state index contributed by atoms with van der Waals surface area (Å²) in [6.45, 7) is -0.138. The number of para-hydroxylation sites is 1. The number of sulfonamides is 1. The number of hydrogen-bond donors (Lipinski definition) is 3. The van der Waals surface area contributed by atoms with E-state index in [9.17, 15) is 18.4 Å². The van der Waals surface area contributed by atoms with Crippen molar-refractivity contribution in [3.8, 4) is 11.5 Å². The number of amides is 1. The first-order chi connectivity index (χ1) is 16.4. The van der Waals surface area contributed by atoms with Gasteiger partial charge >= 0.3 is 0 Å². The maximum absolute atomic E-state index is 13.9. The Morgan fingerprint density at radius 2 is 1.71 bits per heavy atom. The molecule has 0 radical (unpaired) electrons. The predicted molar refractivity (Wildman–Crippen MR) is 126 cm³/mol. The number of methoxy groups -OCH3 is 1. The number of ether oxygens (including phenoxy) is 2. The summed E-state index contributed by atoms with van der Waals surface area (Å²) in [5, 5.41) is 18.4. The number of carbonyl (C=O) groups is 1. The van der Waals surface area contributed by atoms with Crippen molar-refractivity contribution in [1.29, 1.82) is 0 Å². The van der Waals surface area contributed by atoms with Gasteiger partial charge in [0.15, 0.2) is 0 Å². The molecule has 10 heteroatoms. The minimum atomic E-state index is -4.21. The fraction of sp³-hybridized carbons (Fsp3) is 0.208. The van der Waals surface area contributed by atoms with Crippen molar-refractivity contribution in [2.75, 3.05) is 24.6 Å². The predicted octanol–water partition coefficient (Wildman–Crippen LogP) is 2.97. The monoisotopic (exact) mass is 486 g/mol. The zero-order valence-electron chi connectivity index (χ0n) is 18.5. The third kappa shape index (κ3) is 5.66. The maximum Gasteiger partial charge on any atom is 0.276 e. The number of nitrogens with zero attached hydrogens (tertiary/aromatic N) is 1. The van der Waals surface area contributed by atoms with E-state index in [2.05, 4.69) is 0 Å². The van der Waals surface area contributed by atoms with Gasteiger partial charge in [-0.3, -0.25) is 14.3 Å². The second-order valence-electron chi connectivity index (χ2n) is 7.19. The topological polar surface area (TPSA) is 125 Å². The molecule has 1 amide bonds. The molecule has 3 aromatic carbocycles. The summed E-state index contributed by atoms with van der Waals surface area (Å²) in [5.41, 5.74) is 2.10. The highest BCUT2D eigenvalue weighted by Crippen LogP contribution is 2.37. The standard InChI is InChI=1S/C24H26N2O7S/c1-32-19-11-13-20(14-12-19)34(30,31)26(17-18-7-3-2-4-8-18)23-21(24(28)25-29)9-5-10-22(23)33-16-6-15-27/h2-5,7-14,27,29H,6,15-17H2,1H3,(H,25,28). The van der Waals surface area contributed by atoms with Crippen LogP contribution in [0.15, 0.2) is 77.7 Å². The van der Waals surface area contributed by atoms with Crippen molar-refractivity contribution >= 4 is 21.6 Å². The Kier molecular flexibility index (Phi) is 8.47. The van der Waals surface area contributed by atoms with Gasteiger partial charge in [0.25, 0.3) is 15.9 Å². The molecule has 0 aliphatic heterocycles. The van der Waals surface area contributed by atoms with Crippen LogP contribution in [0, 0.1) is 0 Å². The summed E-state index contributed by atoms with van der Waals surface area (Å²) in [7, 11) is -2.73. The van der Waals surface area contributed by atoms with E-state index in [-0.39, 0.29) is 41.7 Å². The summed E-state index contributed by atoms with van der Waals surface area (Å²) >= 11 is 0. The van der Waals surface area contributed by atoms with Gasteiger partial charge in [-0.15, -0.1) is 0 Å². The highest BCUT2D eigenvalue weighted by molar-refractivity contribution is 7.92. The van der Waals surface area contributed by atoms with Crippen LogP contribution in [0.1, 0.15) is 22.3 Å². The minimum Gasteiger partial charge on any atom is -0.497 e. The Balaban J connectivity index is 2.21. The second kappa shape index (κ2) is 11.5. The van der Waals surface area contributed by atoms with Crippen LogP contribution in [0.25, 0.3) is 0 Å². The highest BCUT2D eigenvalue weighted by Gasteiger charge is 2.31.